The van der Waals surface area contributed by atoms with Gasteiger partial charge in [-0.25, -0.2) is 8.78 Å². The van der Waals surface area contributed by atoms with Crippen LogP contribution in [0.15, 0.2) is 53.3 Å². The highest BCUT2D eigenvalue weighted by Gasteiger charge is 2.54. The lowest BCUT2D eigenvalue weighted by Crippen LogP contribution is -2.41. The van der Waals surface area contributed by atoms with E-state index >= 15 is 4.39 Å². The van der Waals surface area contributed by atoms with E-state index in [0.29, 0.717) is 6.07 Å². The van der Waals surface area contributed by atoms with Crippen LogP contribution in [-0.2, 0) is 11.8 Å². The van der Waals surface area contributed by atoms with Crippen LogP contribution in [0, 0.1) is 11.7 Å². The first-order valence-electron chi connectivity index (χ1n) is 12.6. The normalized spacial score (nSPS) is 15.9. The molecule has 0 bridgehead atoms. The number of amides is 2. The largest absolute Gasteiger partial charge is 0.426 e. The molecule has 0 radical (unpaired) electrons. The van der Waals surface area contributed by atoms with E-state index in [2.05, 4.69) is 20.9 Å². The Hall–Kier alpha value is -3.26. The van der Waals surface area contributed by atoms with Crippen molar-refractivity contribution in [2.24, 2.45) is 5.92 Å². The molecular weight excluding hydrogens is 678 g/mol. The molecule has 1 saturated carbocycles. The zero-order valence-electron chi connectivity index (χ0n) is 22.2. The molecule has 2 atom stereocenters. The summed E-state index contributed by atoms with van der Waals surface area (Å²) in [4.78, 5) is 31.6. The average Bonchev–Trinajstić information content (AvgIpc) is 3.75. The number of alkyl halides is 7. The Bertz CT molecular complexity index is 1570. The molecule has 2 amide bonds. The van der Waals surface area contributed by atoms with E-state index in [-0.39, 0.29) is 35.2 Å². The maximum absolute atomic E-state index is 16.0. The van der Waals surface area contributed by atoms with Crippen LogP contribution >= 0.6 is 27.5 Å². The van der Waals surface area contributed by atoms with E-state index in [1.54, 1.807) is 6.92 Å². The van der Waals surface area contributed by atoms with Gasteiger partial charge in [-0.05, 0) is 84.4 Å². The molecule has 5 nitrogen and oxygen atoms in total. The SMILES string of the molecule is CC(C1CC1)N(C(=O)c1cncc(Cl)c1)c1cccc(C(=O)Nc2c(Br)cc(C(C)(F)C(F)(F)F)cc2C(F)(F)F)c1F. The van der Waals surface area contributed by atoms with Crippen LogP contribution in [0.4, 0.5) is 46.5 Å². The van der Waals surface area contributed by atoms with Crippen molar-refractivity contribution in [3.05, 3.63) is 86.4 Å². The molecular formula is C28H21BrClF8N3O2. The summed E-state index contributed by atoms with van der Waals surface area (Å²) in [5, 5.41) is 2.02. The average molecular weight is 699 g/mol. The molecule has 1 aliphatic rings. The highest BCUT2D eigenvalue weighted by Crippen LogP contribution is 2.47. The van der Waals surface area contributed by atoms with Gasteiger partial charge in [0.25, 0.3) is 11.8 Å². The van der Waals surface area contributed by atoms with Crippen molar-refractivity contribution in [1.29, 1.82) is 0 Å². The van der Waals surface area contributed by atoms with Gasteiger partial charge < -0.3 is 10.2 Å². The second-order valence-corrected chi connectivity index (χ2v) is 11.4. The second kappa shape index (κ2) is 11.7. The number of halogens is 10. The van der Waals surface area contributed by atoms with Crippen LogP contribution in [0.25, 0.3) is 0 Å². The van der Waals surface area contributed by atoms with E-state index in [1.807, 2.05) is 5.32 Å². The Labute approximate surface area is 253 Å². The summed E-state index contributed by atoms with van der Waals surface area (Å²) < 4.78 is 111. The van der Waals surface area contributed by atoms with Gasteiger partial charge >= 0.3 is 12.4 Å². The molecule has 2 aromatic carbocycles. The molecule has 1 N–H and O–H groups in total. The van der Waals surface area contributed by atoms with Gasteiger partial charge in [0.2, 0.25) is 5.67 Å². The molecule has 0 saturated heterocycles. The lowest BCUT2D eigenvalue weighted by Gasteiger charge is -2.30. The van der Waals surface area contributed by atoms with E-state index in [0.717, 1.165) is 23.8 Å². The van der Waals surface area contributed by atoms with Crippen molar-refractivity contribution in [2.45, 2.75) is 50.8 Å². The van der Waals surface area contributed by atoms with Gasteiger partial charge in [-0.2, -0.15) is 26.3 Å². The molecule has 1 aliphatic carbocycles. The van der Waals surface area contributed by atoms with Crippen molar-refractivity contribution >= 4 is 50.7 Å². The topological polar surface area (TPSA) is 62.3 Å². The summed E-state index contributed by atoms with van der Waals surface area (Å²) in [6.45, 7) is 1.73. The molecule has 3 aromatic rings. The fourth-order valence-corrected chi connectivity index (χ4v) is 5.16. The van der Waals surface area contributed by atoms with Crippen LogP contribution in [0.1, 0.15) is 58.5 Å². The highest BCUT2D eigenvalue weighted by molar-refractivity contribution is 9.10. The number of aromatic nitrogens is 1. The fourth-order valence-electron chi connectivity index (χ4n) is 4.43. The molecule has 15 heteroatoms. The Balaban J connectivity index is 1.76. The van der Waals surface area contributed by atoms with Crippen LogP contribution < -0.4 is 10.2 Å². The van der Waals surface area contributed by atoms with Crippen molar-refractivity contribution < 1.29 is 44.7 Å². The van der Waals surface area contributed by atoms with Gasteiger partial charge in [-0.3, -0.25) is 14.6 Å². The van der Waals surface area contributed by atoms with Crippen LogP contribution in [0.3, 0.4) is 0 Å². The highest BCUT2D eigenvalue weighted by atomic mass is 79.9. The van der Waals surface area contributed by atoms with Crippen LogP contribution in [0.2, 0.25) is 5.02 Å². The summed E-state index contributed by atoms with van der Waals surface area (Å²) in [6, 6.07) is 4.52. The molecule has 1 fully saturated rings. The molecule has 0 aliphatic heterocycles. The second-order valence-electron chi connectivity index (χ2n) is 10.1. The van der Waals surface area contributed by atoms with Gasteiger partial charge in [0, 0.05) is 22.9 Å². The first-order valence-corrected chi connectivity index (χ1v) is 13.7. The van der Waals surface area contributed by atoms with E-state index in [1.165, 1.54) is 30.6 Å². The number of nitrogens with zero attached hydrogens (tertiary/aromatic N) is 2. The van der Waals surface area contributed by atoms with Crippen molar-refractivity contribution in [2.75, 3.05) is 10.2 Å². The quantitative estimate of drug-likeness (QED) is 0.251. The number of rotatable bonds is 7. The van der Waals surface area contributed by atoms with Crippen molar-refractivity contribution in [1.82, 2.24) is 4.98 Å². The number of hydrogen-bond donors (Lipinski definition) is 1. The first-order chi connectivity index (χ1) is 19.8. The summed E-state index contributed by atoms with van der Waals surface area (Å²) >= 11 is 8.65. The molecule has 1 heterocycles. The lowest BCUT2D eigenvalue weighted by molar-refractivity contribution is -0.228. The summed E-state index contributed by atoms with van der Waals surface area (Å²) in [5.41, 5.74) is -9.49. The zero-order valence-corrected chi connectivity index (χ0v) is 24.5. The third-order valence-corrected chi connectivity index (χ3v) is 7.91. The summed E-state index contributed by atoms with van der Waals surface area (Å²) in [5.74, 6) is -3.34. The minimum absolute atomic E-state index is 0.00896. The summed E-state index contributed by atoms with van der Waals surface area (Å²) in [6.07, 6.45) is -6.90. The Morgan fingerprint density at radius 1 is 1.07 bits per heavy atom. The summed E-state index contributed by atoms with van der Waals surface area (Å²) in [7, 11) is 0. The standard InChI is InChI=1S/C28H21BrClF8N3O2/c1-13(14-6-7-14)41(25(43)15-8-17(30)12-39-11-15)21-5-3-4-18(22(21)31)24(42)40-23-19(27(33,34)35)9-16(10-20(23)29)26(2,32)28(36,37)38/h3-5,8-14H,6-7H2,1-2H3,(H,40,42). The maximum Gasteiger partial charge on any atom is 0.426 e. The number of pyridine rings is 1. The smallest absolute Gasteiger partial charge is 0.320 e. The predicted octanol–water partition coefficient (Wildman–Crippen LogP) is 9.10. The Morgan fingerprint density at radius 3 is 2.28 bits per heavy atom. The molecule has 230 valence electrons. The maximum atomic E-state index is 16.0. The fraction of sp³-hybridized carbons (Fsp3) is 0.321. The van der Waals surface area contributed by atoms with Gasteiger partial charge in [-0.15, -0.1) is 0 Å². The third-order valence-electron chi connectivity index (χ3n) is 7.07. The Morgan fingerprint density at radius 2 is 1.72 bits per heavy atom. The monoisotopic (exact) mass is 697 g/mol. The minimum atomic E-state index is -5.55. The van der Waals surface area contributed by atoms with Gasteiger partial charge in [-0.1, -0.05) is 17.7 Å². The molecule has 4 rings (SSSR count). The molecule has 1 aromatic heterocycles. The van der Waals surface area contributed by atoms with Crippen LogP contribution in [0.5, 0.6) is 0 Å². The van der Waals surface area contributed by atoms with E-state index in [9.17, 15) is 40.3 Å². The molecule has 43 heavy (non-hydrogen) atoms. The van der Waals surface area contributed by atoms with Gasteiger partial charge in [0.1, 0.15) is 0 Å². The number of hydrogen-bond acceptors (Lipinski definition) is 3. The lowest BCUT2D eigenvalue weighted by atomic mass is 9.94. The molecule has 2 unspecified atom stereocenters. The number of anilines is 2. The minimum Gasteiger partial charge on any atom is -0.320 e. The van der Waals surface area contributed by atoms with Crippen LogP contribution in [-0.4, -0.2) is 29.0 Å². The number of carbonyl (C=O) groups is 2. The van der Waals surface area contributed by atoms with E-state index in [4.69, 9.17) is 11.6 Å². The Kier molecular flexibility index (Phi) is 8.87. The zero-order chi connectivity index (χ0) is 32.1. The predicted molar refractivity (Wildman–Crippen MR) is 146 cm³/mol. The van der Waals surface area contributed by atoms with E-state index < -0.39 is 68.5 Å². The van der Waals surface area contributed by atoms with Gasteiger partial charge in [0.15, 0.2) is 5.82 Å². The first kappa shape index (κ1) is 32.6. The van der Waals surface area contributed by atoms with Crippen molar-refractivity contribution in [3.63, 3.8) is 0 Å². The third kappa shape index (κ3) is 6.64. The van der Waals surface area contributed by atoms with Gasteiger partial charge in [0.05, 0.1) is 33.1 Å². The number of carbonyl (C=O) groups excluding carboxylic acids is 2. The van der Waals surface area contributed by atoms with Crippen molar-refractivity contribution in [3.8, 4) is 0 Å². The number of benzene rings is 2. The molecule has 0 spiro atoms. The number of nitrogens with one attached hydrogen (secondary N) is 1.